The predicted molar refractivity (Wildman–Crippen MR) is 68.0 cm³/mol. The summed E-state index contributed by atoms with van der Waals surface area (Å²) in [6.45, 7) is 6.84. The first-order chi connectivity index (χ1) is 8.20. The van der Waals surface area contributed by atoms with Crippen LogP contribution in [-0.4, -0.2) is 16.3 Å². The normalized spacial score (nSPS) is 16.6. The first-order valence-electron chi connectivity index (χ1n) is 6.51. The maximum absolute atomic E-state index is 11.9. The summed E-state index contributed by atoms with van der Waals surface area (Å²) in [5.74, 6) is 0.518. The van der Waals surface area contributed by atoms with Crippen molar-refractivity contribution in [1.82, 2.24) is 15.1 Å². The van der Waals surface area contributed by atoms with E-state index in [9.17, 15) is 4.79 Å². The van der Waals surface area contributed by atoms with E-state index >= 15 is 0 Å². The number of hydrogen-bond acceptors (Lipinski definition) is 3. The Labute approximate surface area is 102 Å². The summed E-state index contributed by atoms with van der Waals surface area (Å²) < 4.78 is 1.64. The van der Waals surface area contributed by atoms with Gasteiger partial charge in [-0.05, 0) is 17.9 Å². The van der Waals surface area contributed by atoms with Crippen molar-refractivity contribution in [2.45, 2.75) is 46.2 Å². The Bertz CT molecular complexity index is 439. The summed E-state index contributed by atoms with van der Waals surface area (Å²) >= 11 is 0. The van der Waals surface area contributed by atoms with Gasteiger partial charge in [-0.2, -0.15) is 5.10 Å². The number of aromatic nitrogens is 2. The Balaban J connectivity index is 2.20. The van der Waals surface area contributed by atoms with Gasteiger partial charge in [-0.25, -0.2) is 4.68 Å². The zero-order chi connectivity index (χ0) is 12.3. The smallest absolute Gasteiger partial charge is 0.267 e. The van der Waals surface area contributed by atoms with Gasteiger partial charge < -0.3 is 5.32 Å². The van der Waals surface area contributed by atoms with Gasteiger partial charge in [0.05, 0.1) is 5.69 Å². The Hall–Kier alpha value is -1.16. The van der Waals surface area contributed by atoms with Gasteiger partial charge in [-0.3, -0.25) is 4.79 Å². The molecular weight excluding hydrogens is 214 g/mol. The van der Waals surface area contributed by atoms with Crippen molar-refractivity contribution in [2.75, 3.05) is 6.54 Å². The summed E-state index contributed by atoms with van der Waals surface area (Å²) in [6, 6.07) is 1.74. The van der Waals surface area contributed by atoms with Gasteiger partial charge >= 0.3 is 0 Å². The Morgan fingerprint density at radius 3 is 3.18 bits per heavy atom. The van der Waals surface area contributed by atoms with E-state index in [4.69, 9.17) is 0 Å². The lowest BCUT2D eigenvalue weighted by atomic mass is 10.1. The van der Waals surface area contributed by atoms with Gasteiger partial charge in [0.1, 0.15) is 0 Å². The van der Waals surface area contributed by atoms with Crippen molar-refractivity contribution < 1.29 is 0 Å². The molecule has 0 bridgehead atoms. The van der Waals surface area contributed by atoms with Crippen LogP contribution in [0.3, 0.4) is 0 Å². The zero-order valence-corrected chi connectivity index (χ0v) is 10.7. The molecule has 1 aliphatic rings. The molecule has 1 atom stereocenters. The molecule has 0 radical (unpaired) electrons. The van der Waals surface area contributed by atoms with Gasteiger partial charge in [0.15, 0.2) is 0 Å². The number of fused-ring (bicyclic) bond motifs is 1. The second-order valence-electron chi connectivity index (χ2n) is 4.96. The molecule has 2 rings (SSSR count). The number of nitrogens with one attached hydrogen (secondary N) is 1. The minimum absolute atomic E-state index is 0.0374. The van der Waals surface area contributed by atoms with Crippen molar-refractivity contribution in [3.05, 3.63) is 27.7 Å². The highest BCUT2D eigenvalue weighted by Crippen LogP contribution is 2.10. The lowest BCUT2D eigenvalue weighted by Crippen LogP contribution is -2.32. The molecule has 0 saturated carbocycles. The van der Waals surface area contributed by atoms with Gasteiger partial charge in [0, 0.05) is 32.1 Å². The lowest BCUT2D eigenvalue weighted by Gasteiger charge is -2.18. The van der Waals surface area contributed by atoms with E-state index in [1.54, 1.807) is 10.7 Å². The van der Waals surface area contributed by atoms with Crippen LogP contribution in [0.1, 0.15) is 37.9 Å². The topological polar surface area (TPSA) is 46.9 Å². The lowest BCUT2D eigenvalue weighted by molar-refractivity contribution is 0.400. The fraction of sp³-hybridized carbons (Fsp3) is 0.692. The summed E-state index contributed by atoms with van der Waals surface area (Å²) in [7, 11) is 0. The number of nitrogens with zero attached hydrogens (tertiary/aromatic N) is 2. The Morgan fingerprint density at radius 2 is 2.41 bits per heavy atom. The average molecular weight is 235 g/mol. The standard InChI is InChI=1S/C13H21N3O/c1-3-4-10(2)9-16-13(17)7-11-8-14-6-5-12(11)15-16/h7,10,14H,3-6,8-9H2,1-2H3. The zero-order valence-electron chi connectivity index (χ0n) is 10.7. The molecule has 2 heterocycles. The first kappa shape index (κ1) is 12.3. The molecule has 94 valence electrons. The van der Waals surface area contributed by atoms with E-state index in [1.807, 2.05) is 0 Å². The molecule has 0 aromatic carbocycles. The summed E-state index contributed by atoms with van der Waals surface area (Å²) in [5, 5.41) is 7.76. The van der Waals surface area contributed by atoms with Gasteiger partial charge in [-0.1, -0.05) is 20.3 Å². The molecule has 4 heteroatoms. The molecule has 0 amide bonds. The maximum Gasteiger partial charge on any atom is 0.267 e. The number of rotatable bonds is 4. The molecular formula is C13H21N3O. The fourth-order valence-electron chi connectivity index (χ4n) is 2.37. The highest BCUT2D eigenvalue weighted by atomic mass is 16.1. The summed E-state index contributed by atoms with van der Waals surface area (Å²) in [4.78, 5) is 11.9. The quantitative estimate of drug-likeness (QED) is 0.856. The van der Waals surface area contributed by atoms with E-state index in [2.05, 4.69) is 24.3 Å². The summed E-state index contributed by atoms with van der Waals surface area (Å²) in [6.07, 6.45) is 3.23. The van der Waals surface area contributed by atoms with Crippen LogP contribution < -0.4 is 10.9 Å². The summed E-state index contributed by atoms with van der Waals surface area (Å²) in [5.41, 5.74) is 2.20. The van der Waals surface area contributed by atoms with Crippen molar-refractivity contribution >= 4 is 0 Å². The largest absolute Gasteiger partial charge is 0.312 e. The van der Waals surface area contributed by atoms with Crippen LogP contribution in [0.2, 0.25) is 0 Å². The molecule has 1 N–H and O–H groups in total. The molecule has 1 aliphatic heterocycles. The van der Waals surface area contributed by atoms with Crippen LogP contribution in [0, 0.1) is 5.92 Å². The molecule has 0 spiro atoms. The second-order valence-corrected chi connectivity index (χ2v) is 4.96. The van der Waals surface area contributed by atoms with Crippen LogP contribution in [0.4, 0.5) is 0 Å². The van der Waals surface area contributed by atoms with Crippen LogP contribution in [0.5, 0.6) is 0 Å². The highest BCUT2D eigenvalue weighted by molar-refractivity contribution is 5.20. The van der Waals surface area contributed by atoms with Gasteiger partial charge in [0.2, 0.25) is 0 Å². The molecule has 4 nitrogen and oxygen atoms in total. The maximum atomic E-state index is 11.9. The fourth-order valence-corrected chi connectivity index (χ4v) is 2.37. The van der Waals surface area contributed by atoms with Crippen LogP contribution in [0.15, 0.2) is 10.9 Å². The van der Waals surface area contributed by atoms with E-state index in [1.165, 1.54) is 0 Å². The average Bonchev–Trinajstić information content (AvgIpc) is 2.30. The molecule has 0 aliphatic carbocycles. The molecule has 17 heavy (non-hydrogen) atoms. The second kappa shape index (κ2) is 5.45. The minimum atomic E-state index is 0.0374. The Morgan fingerprint density at radius 1 is 1.59 bits per heavy atom. The van der Waals surface area contributed by atoms with E-state index in [-0.39, 0.29) is 5.56 Å². The third-order valence-electron chi connectivity index (χ3n) is 3.28. The van der Waals surface area contributed by atoms with Crippen LogP contribution >= 0.6 is 0 Å². The van der Waals surface area contributed by atoms with E-state index < -0.39 is 0 Å². The van der Waals surface area contributed by atoms with E-state index in [0.29, 0.717) is 5.92 Å². The molecule has 1 aromatic rings. The van der Waals surface area contributed by atoms with Gasteiger partial charge in [-0.15, -0.1) is 0 Å². The van der Waals surface area contributed by atoms with Gasteiger partial charge in [0.25, 0.3) is 5.56 Å². The highest BCUT2D eigenvalue weighted by Gasteiger charge is 2.13. The molecule has 1 aromatic heterocycles. The third kappa shape index (κ3) is 2.94. The van der Waals surface area contributed by atoms with Crippen LogP contribution in [0.25, 0.3) is 0 Å². The first-order valence-corrected chi connectivity index (χ1v) is 6.51. The van der Waals surface area contributed by atoms with E-state index in [0.717, 1.165) is 50.2 Å². The molecule has 1 unspecified atom stereocenters. The number of hydrogen-bond donors (Lipinski definition) is 1. The van der Waals surface area contributed by atoms with Crippen molar-refractivity contribution in [2.24, 2.45) is 5.92 Å². The monoisotopic (exact) mass is 235 g/mol. The Kier molecular flexibility index (Phi) is 3.94. The van der Waals surface area contributed by atoms with Crippen molar-refractivity contribution in [3.8, 4) is 0 Å². The minimum Gasteiger partial charge on any atom is -0.312 e. The van der Waals surface area contributed by atoms with Crippen molar-refractivity contribution in [3.63, 3.8) is 0 Å². The SMILES string of the molecule is CCCC(C)Cn1nc2c(cc1=O)CNCC2. The predicted octanol–water partition coefficient (Wildman–Crippen LogP) is 1.33. The van der Waals surface area contributed by atoms with Crippen molar-refractivity contribution in [1.29, 1.82) is 0 Å². The molecule has 0 fully saturated rings. The molecule has 0 saturated heterocycles. The van der Waals surface area contributed by atoms with Crippen LogP contribution in [-0.2, 0) is 19.5 Å². The third-order valence-corrected chi connectivity index (χ3v) is 3.28.